The van der Waals surface area contributed by atoms with Crippen molar-refractivity contribution < 1.29 is 9.53 Å². The Morgan fingerprint density at radius 2 is 1.76 bits per heavy atom. The molecule has 152 valence electrons. The van der Waals surface area contributed by atoms with Crippen molar-refractivity contribution in [2.45, 2.75) is 13.3 Å². The largest absolute Gasteiger partial charge is 0.496 e. The minimum Gasteiger partial charge on any atom is -0.496 e. The van der Waals surface area contributed by atoms with E-state index in [4.69, 9.17) is 4.74 Å². The van der Waals surface area contributed by atoms with Crippen molar-refractivity contribution in [3.63, 3.8) is 0 Å². The number of anilines is 2. The van der Waals surface area contributed by atoms with Crippen LogP contribution in [0.1, 0.15) is 12.5 Å². The highest BCUT2D eigenvalue weighted by Crippen LogP contribution is 2.35. The third-order valence-electron chi connectivity index (χ3n) is 5.13. The lowest BCUT2D eigenvalue weighted by Crippen LogP contribution is -2.35. The molecule has 6 heteroatoms. The van der Waals surface area contributed by atoms with E-state index >= 15 is 0 Å². The van der Waals surface area contributed by atoms with Crippen molar-refractivity contribution >= 4 is 28.2 Å². The Bertz CT molecular complexity index is 1090. The summed E-state index contributed by atoms with van der Waals surface area (Å²) in [6.45, 7) is 2.46. The second-order valence-electron chi connectivity index (χ2n) is 7.09. The topological polar surface area (TPSA) is 54.8 Å². The van der Waals surface area contributed by atoms with Crippen LogP contribution in [0.5, 0.6) is 5.75 Å². The predicted octanol–water partition coefficient (Wildman–Crippen LogP) is 3.21. The van der Waals surface area contributed by atoms with Gasteiger partial charge < -0.3 is 19.1 Å². The Morgan fingerprint density at radius 1 is 1.07 bits per heavy atom. The number of aryl methyl sites for hydroxylation is 1. The molecule has 0 spiro atoms. The van der Waals surface area contributed by atoms with Crippen LogP contribution >= 0.6 is 0 Å². The number of hydrogen-bond acceptors (Lipinski definition) is 4. The number of hydrogen-bond donors (Lipinski definition) is 0. The highest BCUT2D eigenvalue weighted by molar-refractivity contribution is 6.01. The summed E-state index contributed by atoms with van der Waals surface area (Å²) in [6.07, 6.45) is 0.0108. The molecule has 0 saturated carbocycles. The molecule has 3 aromatic rings. The molecule has 0 fully saturated rings. The Labute approximate surface area is 170 Å². The molecule has 1 amide bonds. The molecular weight excluding hydrogens is 366 g/mol. The van der Waals surface area contributed by atoms with Gasteiger partial charge in [0.1, 0.15) is 5.75 Å². The Balaban J connectivity index is 2.19. The first kappa shape index (κ1) is 20.5. The normalized spacial score (nSPS) is 10.8. The number of pyridine rings is 1. The summed E-state index contributed by atoms with van der Waals surface area (Å²) < 4.78 is 7.16. The number of ether oxygens (including phenoxy) is 1. The first-order valence-corrected chi connectivity index (χ1v) is 9.62. The highest BCUT2D eigenvalue weighted by atomic mass is 16.5. The van der Waals surface area contributed by atoms with Crippen molar-refractivity contribution in [2.75, 3.05) is 37.5 Å². The van der Waals surface area contributed by atoms with Crippen LogP contribution < -0.4 is 20.1 Å². The van der Waals surface area contributed by atoms with E-state index in [-0.39, 0.29) is 17.9 Å². The number of benzene rings is 2. The van der Waals surface area contributed by atoms with Crippen molar-refractivity contribution in [1.82, 2.24) is 4.57 Å². The molecule has 0 atom stereocenters. The molecule has 0 unspecified atom stereocenters. The van der Waals surface area contributed by atoms with Crippen LogP contribution in [0.3, 0.4) is 0 Å². The number of aromatic nitrogens is 1. The monoisotopic (exact) mass is 393 g/mol. The SMILES string of the molecule is CCN(C(=O)Cc1c(N(C)C)c2c(OC)cccc2n(C)c1=O)c1ccccc1. The number of fused-ring (bicyclic) bond motifs is 1. The second-order valence-corrected chi connectivity index (χ2v) is 7.09. The van der Waals surface area contributed by atoms with Gasteiger partial charge >= 0.3 is 0 Å². The number of rotatable bonds is 6. The first-order valence-electron chi connectivity index (χ1n) is 9.62. The highest BCUT2D eigenvalue weighted by Gasteiger charge is 2.24. The van der Waals surface area contributed by atoms with Gasteiger partial charge in [-0.15, -0.1) is 0 Å². The van der Waals surface area contributed by atoms with E-state index in [1.54, 1.807) is 23.6 Å². The fourth-order valence-electron chi connectivity index (χ4n) is 3.78. The zero-order valence-corrected chi connectivity index (χ0v) is 17.6. The lowest BCUT2D eigenvalue weighted by atomic mass is 10.0. The van der Waals surface area contributed by atoms with Crippen molar-refractivity contribution in [1.29, 1.82) is 0 Å². The number of carbonyl (C=O) groups is 1. The quantitative estimate of drug-likeness (QED) is 0.645. The van der Waals surface area contributed by atoms with Crippen LogP contribution in [0.4, 0.5) is 11.4 Å². The molecule has 0 aliphatic carbocycles. The average Bonchev–Trinajstić information content (AvgIpc) is 2.72. The van der Waals surface area contributed by atoms with Crippen LogP contribution in [0.15, 0.2) is 53.3 Å². The summed E-state index contributed by atoms with van der Waals surface area (Å²) >= 11 is 0. The molecule has 1 aromatic heterocycles. The van der Waals surface area contributed by atoms with Crippen molar-refractivity contribution in [3.8, 4) is 5.75 Å². The number of likely N-dealkylation sites (N-methyl/N-ethyl adjacent to an activating group) is 1. The summed E-state index contributed by atoms with van der Waals surface area (Å²) in [4.78, 5) is 30.0. The summed E-state index contributed by atoms with van der Waals surface area (Å²) in [5, 5.41) is 0.827. The molecule has 0 aliphatic heterocycles. The zero-order valence-electron chi connectivity index (χ0n) is 17.6. The van der Waals surface area contributed by atoms with Crippen LogP contribution in [-0.2, 0) is 18.3 Å². The standard InChI is InChI=1S/C23H27N3O3/c1-6-26(16-11-8-7-9-12-16)20(27)15-17-22(24(2)3)21-18(25(4)23(17)28)13-10-14-19(21)29-5/h7-14H,6,15H2,1-5H3. The average molecular weight is 393 g/mol. The first-order chi connectivity index (χ1) is 13.9. The number of methoxy groups -OCH3 is 1. The minimum atomic E-state index is -0.174. The van der Waals surface area contributed by atoms with Crippen LogP contribution in [-0.4, -0.2) is 38.2 Å². The number of para-hydroxylation sites is 1. The fourth-order valence-corrected chi connectivity index (χ4v) is 3.78. The Morgan fingerprint density at radius 3 is 2.34 bits per heavy atom. The molecule has 0 radical (unpaired) electrons. The van der Waals surface area contributed by atoms with Gasteiger partial charge in [0.2, 0.25) is 5.91 Å². The maximum atomic E-state index is 13.2. The van der Waals surface area contributed by atoms with E-state index in [9.17, 15) is 9.59 Å². The second kappa shape index (κ2) is 8.39. The van der Waals surface area contributed by atoms with E-state index in [0.29, 0.717) is 17.9 Å². The van der Waals surface area contributed by atoms with E-state index in [1.165, 1.54) is 0 Å². The number of carbonyl (C=O) groups excluding carboxylic acids is 1. The van der Waals surface area contributed by atoms with Crippen LogP contribution in [0.2, 0.25) is 0 Å². The summed E-state index contributed by atoms with van der Waals surface area (Å²) in [5.41, 5.74) is 2.60. The smallest absolute Gasteiger partial charge is 0.256 e. The Hall–Kier alpha value is -3.28. The fraction of sp³-hybridized carbons (Fsp3) is 0.304. The molecule has 2 aromatic carbocycles. The molecule has 0 bridgehead atoms. The summed E-state index contributed by atoms with van der Waals surface area (Å²) in [6, 6.07) is 15.1. The van der Waals surface area contributed by atoms with Gasteiger partial charge in [0.05, 0.1) is 35.7 Å². The van der Waals surface area contributed by atoms with Gasteiger partial charge in [-0.2, -0.15) is 0 Å². The Kier molecular flexibility index (Phi) is 5.92. The van der Waals surface area contributed by atoms with Gasteiger partial charge in [-0.25, -0.2) is 0 Å². The van der Waals surface area contributed by atoms with Gasteiger partial charge in [0.25, 0.3) is 5.56 Å². The maximum Gasteiger partial charge on any atom is 0.256 e. The summed E-state index contributed by atoms with van der Waals surface area (Å²) in [7, 11) is 7.09. The summed E-state index contributed by atoms with van der Waals surface area (Å²) in [5.74, 6) is 0.555. The van der Waals surface area contributed by atoms with Crippen molar-refractivity contribution in [2.24, 2.45) is 7.05 Å². The zero-order chi connectivity index (χ0) is 21.1. The molecule has 3 rings (SSSR count). The molecule has 0 N–H and O–H groups in total. The van der Waals surface area contributed by atoms with Crippen LogP contribution in [0, 0.1) is 0 Å². The lowest BCUT2D eigenvalue weighted by Gasteiger charge is -2.25. The van der Waals surface area contributed by atoms with Gasteiger partial charge in [-0.3, -0.25) is 9.59 Å². The molecule has 0 saturated heterocycles. The number of amides is 1. The number of nitrogens with zero attached hydrogens (tertiary/aromatic N) is 3. The predicted molar refractivity (Wildman–Crippen MR) is 118 cm³/mol. The minimum absolute atomic E-state index is 0.0108. The molecule has 29 heavy (non-hydrogen) atoms. The van der Waals surface area contributed by atoms with E-state index in [2.05, 4.69) is 0 Å². The van der Waals surface area contributed by atoms with Gasteiger partial charge in [0.15, 0.2) is 0 Å². The van der Waals surface area contributed by atoms with E-state index in [0.717, 1.165) is 22.3 Å². The van der Waals surface area contributed by atoms with E-state index in [1.807, 2.05) is 74.4 Å². The van der Waals surface area contributed by atoms with Gasteiger partial charge in [0, 0.05) is 33.4 Å². The third kappa shape index (κ3) is 3.70. The lowest BCUT2D eigenvalue weighted by molar-refractivity contribution is -0.117. The molecule has 0 aliphatic rings. The van der Waals surface area contributed by atoms with Gasteiger partial charge in [-0.1, -0.05) is 24.3 Å². The van der Waals surface area contributed by atoms with E-state index < -0.39 is 0 Å². The van der Waals surface area contributed by atoms with Crippen LogP contribution in [0.25, 0.3) is 10.9 Å². The molecular formula is C23H27N3O3. The molecule has 6 nitrogen and oxygen atoms in total. The molecule has 1 heterocycles. The van der Waals surface area contributed by atoms with Crippen molar-refractivity contribution in [3.05, 3.63) is 64.4 Å². The third-order valence-corrected chi connectivity index (χ3v) is 5.13. The maximum absolute atomic E-state index is 13.2. The van der Waals surface area contributed by atoms with Gasteiger partial charge in [-0.05, 0) is 31.2 Å².